The van der Waals surface area contributed by atoms with E-state index < -0.39 is 0 Å². The molecule has 0 heterocycles. The molecule has 0 saturated heterocycles. The number of fused-ring (bicyclic) bond motifs is 2. The first kappa shape index (κ1) is 11.0. The van der Waals surface area contributed by atoms with Crippen molar-refractivity contribution in [2.24, 2.45) is 17.8 Å². The van der Waals surface area contributed by atoms with E-state index in [1.165, 1.54) is 38.5 Å². The third-order valence-corrected chi connectivity index (χ3v) is 4.12. The van der Waals surface area contributed by atoms with Crippen LogP contribution in [0.2, 0.25) is 0 Å². The summed E-state index contributed by atoms with van der Waals surface area (Å²) in [6.45, 7) is 2.43. The van der Waals surface area contributed by atoms with Crippen molar-refractivity contribution in [3.05, 3.63) is 0 Å². The molecule has 2 aliphatic carbocycles. The molecule has 2 rings (SSSR count). The SMILES string of the molecule is CCOC(=O)C1CCCCC2CCC1C2. The molecule has 2 aliphatic rings. The first-order valence-corrected chi connectivity index (χ1v) is 6.48. The second-order valence-electron chi connectivity index (χ2n) is 5.08. The van der Waals surface area contributed by atoms with Gasteiger partial charge in [0.25, 0.3) is 0 Å². The zero-order chi connectivity index (χ0) is 10.7. The molecule has 15 heavy (non-hydrogen) atoms. The van der Waals surface area contributed by atoms with Gasteiger partial charge in [-0.2, -0.15) is 0 Å². The molecule has 0 aromatic rings. The van der Waals surface area contributed by atoms with Gasteiger partial charge in [0.2, 0.25) is 0 Å². The molecule has 2 nitrogen and oxygen atoms in total. The Morgan fingerprint density at radius 2 is 2.00 bits per heavy atom. The standard InChI is InChI=1S/C13H22O2/c1-2-15-13(14)12-6-4-3-5-10-7-8-11(12)9-10/h10-12H,2-9H2,1H3. The van der Waals surface area contributed by atoms with Crippen molar-refractivity contribution in [2.75, 3.05) is 6.61 Å². The van der Waals surface area contributed by atoms with Crippen LogP contribution in [0.1, 0.15) is 51.9 Å². The summed E-state index contributed by atoms with van der Waals surface area (Å²) in [6.07, 6.45) is 8.88. The quantitative estimate of drug-likeness (QED) is 0.654. The molecule has 0 N–H and O–H groups in total. The third kappa shape index (κ3) is 2.53. The Bertz CT molecular complexity index is 225. The Kier molecular flexibility index (Phi) is 3.66. The summed E-state index contributed by atoms with van der Waals surface area (Å²) in [4.78, 5) is 11.8. The van der Waals surface area contributed by atoms with Gasteiger partial charge in [0.1, 0.15) is 0 Å². The predicted molar refractivity (Wildman–Crippen MR) is 59.4 cm³/mol. The van der Waals surface area contributed by atoms with Crippen molar-refractivity contribution >= 4 is 5.97 Å². The summed E-state index contributed by atoms with van der Waals surface area (Å²) in [5.41, 5.74) is 0. The lowest BCUT2D eigenvalue weighted by molar-refractivity contribution is -0.150. The lowest BCUT2D eigenvalue weighted by atomic mass is 9.83. The smallest absolute Gasteiger partial charge is 0.309 e. The highest BCUT2D eigenvalue weighted by molar-refractivity contribution is 5.72. The average Bonchev–Trinajstić information content (AvgIpc) is 2.64. The van der Waals surface area contributed by atoms with Gasteiger partial charge in [-0.15, -0.1) is 0 Å². The maximum Gasteiger partial charge on any atom is 0.309 e. The van der Waals surface area contributed by atoms with Gasteiger partial charge in [-0.3, -0.25) is 4.79 Å². The van der Waals surface area contributed by atoms with Crippen LogP contribution in [0.4, 0.5) is 0 Å². The van der Waals surface area contributed by atoms with Crippen LogP contribution >= 0.6 is 0 Å². The molecule has 2 heteroatoms. The van der Waals surface area contributed by atoms with Gasteiger partial charge in [0.15, 0.2) is 0 Å². The zero-order valence-corrected chi connectivity index (χ0v) is 9.71. The van der Waals surface area contributed by atoms with Gasteiger partial charge in [0, 0.05) is 0 Å². The van der Waals surface area contributed by atoms with Crippen LogP contribution in [-0.4, -0.2) is 12.6 Å². The highest BCUT2D eigenvalue weighted by atomic mass is 16.5. The highest BCUT2D eigenvalue weighted by Crippen LogP contribution is 2.42. The fraction of sp³-hybridized carbons (Fsp3) is 0.923. The summed E-state index contributed by atoms with van der Waals surface area (Å²) in [5.74, 6) is 1.84. The number of esters is 1. The molecular formula is C13H22O2. The fourth-order valence-corrected chi connectivity index (χ4v) is 3.33. The molecule has 0 aliphatic heterocycles. The Morgan fingerprint density at radius 3 is 2.80 bits per heavy atom. The maximum atomic E-state index is 11.8. The normalized spacial score (nSPS) is 35.7. The summed E-state index contributed by atoms with van der Waals surface area (Å²) in [7, 11) is 0. The molecule has 0 aromatic heterocycles. The minimum atomic E-state index is 0.0741. The number of carbonyl (C=O) groups is 1. The van der Waals surface area contributed by atoms with Crippen molar-refractivity contribution < 1.29 is 9.53 Å². The van der Waals surface area contributed by atoms with E-state index in [1.54, 1.807) is 0 Å². The Morgan fingerprint density at radius 1 is 1.20 bits per heavy atom. The van der Waals surface area contributed by atoms with Crippen LogP contribution in [0.25, 0.3) is 0 Å². The summed E-state index contributed by atoms with van der Waals surface area (Å²) in [6, 6.07) is 0. The average molecular weight is 210 g/mol. The van der Waals surface area contributed by atoms with E-state index in [-0.39, 0.29) is 11.9 Å². The molecule has 3 unspecified atom stereocenters. The molecule has 2 fully saturated rings. The van der Waals surface area contributed by atoms with E-state index >= 15 is 0 Å². The van der Waals surface area contributed by atoms with Crippen LogP contribution < -0.4 is 0 Å². The van der Waals surface area contributed by atoms with E-state index in [0.29, 0.717) is 12.5 Å². The number of rotatable bonds is 2. The molecule has 2 saturated carbocycles. The van der Waals surface area contributed by atoms with Gasteiger partial charge >= 0.3 is 5.97 Å². The molecule has 2 bridgehead atoms. The number of hydrogen-bond acceptors (Lipinski definition) is 2. The molecule has 3 atom stereocenters. The van der Waals surface area contributed by atoms with E-state index in [4.69, 9.17) is 4.74 Å². The van der Waals surface area contributed by atoms with Crippen molar-refractivity contribution in [3.8, 4) is 0 Å². The van der Waals surface area contributed by atoms with Crippen molar-refractivity contribution in [1.29, 1.82) is 0 Å². The second kappa shape index (κ2) is 5.00. The second-order valence-corrected chi connectivity index (χ2v) is 5.08. The molecule has 86 valence electrons. The number of ether oxygens (including phenoxy) is 1. The Balaban J connectivity index is 1.98. The van der Waals surface area contributed by atoms with Crippen LogP contribution in [0, 0.1) is 17.8 Å². The molecular weight excluding hydrogens is 188 g/mol. The van der Waals surface area contributed by atoms with E-state index in [9.17, 15) is 4.79 Å². The largest absolute Gasteiger partial charge is 0.466 e. The molecule has 0 aromatic carbocycles. The lowest BCUT2D eigenvalue weighted by Crippen LogP contribution is -2.25. The zero-order valence-electron chi connectivity index (χ0n) is 9.71. The Labute approximate surface area is 92.4 Å². The van der Waals surface area contributed by atoms with Crippen LogP contribution in [-0.2, 0) is 9.53 Å². The maximum absolute atomic E-state index is 11.8. The van der Waals surface area contributed by atoms with Gasteiger partial charge in [0.05, 0.1) is 12.5 Å². The van der Waals surface area contributed by atoms with Crippen molar-refractivity contribution in [1.82, 2.24) is 0 Å². The first-order valence-electron chi connectivity index (χ1n) is 6.48. The number of carbonyl (C=O) groups excluding carboxylic acids is 1. The highest BCUT2D eigenvalue weighted by Gasteiger charge is 2.36. The minimum absolute atomic E-state index is 0.0741. The van der Waals surface area contributed by atoms with Crippen LogP contribution in [0.5, 0.6) is 0 Å². The van der Waals surface area contributed by atoms with Crippen molar-refractivity contribution in [3.63, 3.8) is 0 Å². The molecule has 0 amide bonds. The number of hydrogen-bond donors (Lipinski definition) is 0. The van der Waals surface area contributed by atoms with Crippen LogP contribution in [0.15, 0.2) is 0 Å². The van der Waals surface area contributed by atoms with Gasteiger partial charge in [-0.05, 0) is 38.0 Å². The predicted octanol–water partition coefficient (Wildman–Crippen LogP) is 3.16. The summed E-state index contributed by atoms with van der Waals surface area (Å²) < 4.78 is 5.19. The van der Waals surface area contributed by atoms with E-state index in [0.717, 1.165) is 12.3 Å². The van der Waals surface area contributed by atoms with Crippen molar-refractivity contribution in [2.45, 2.75) is 51.9 Å². The van der Waals surface area contributed by atoms with Gasteiger partial charge in [-0.25, -0.2) is 0 Å². The van der Waals surface area contributed by atoms with E-state index in [2.05, 4.69) is 0 Å². The topological polar surface area (TPSA) is 26.3 Å². The molecule has 0 spiro atoms. The minimum Gasteiger partial charge on any atom is -0.466 e. The van der Waals surface area contributed by atoms with Gasteiger partial charge < -0.3 is 4.74 Å². The Hall–Kier alpha value is -0.530. The van der Waals surface area contributed by atoms with E-state index in [1.807, 2.05) is 6.92 Å². The van der Waals surface area contributed by atoms with Crippen LogP contribution in [0.3, 0.4) is 0 Å². The summed E-state index contributed by atoms with van der Waals surface area (Å²) >= 11 is 0. The molecule has 0 radical (unpaired) electrons. The van der Waals surface area contributed by atoms with Gasteiger partial charge in [-0.1, -0.05) is 25.7 Å². The fourth-order valence-electron chi connectivity index (χ4n) is 3.33. The third-order valence-electron chi connectivity index (χ3n) is 4.12. The lowest BCUT2D eigenvalue weighted by Gasteiger charge is -2.24. The monoisotopic (exact) mass is 210 g/mol. The first-order chi connectivity index (χ1) is 7.31. The summed E-state index contributed by atoms with van der Waals surface area (Å²) in [5, 5.41) is 0.